The van der Waals surface area contributed by atoms with E-state index in [-0.39, 0.29) is 6.29 Å². The Hall–Kier alpha value is -0.0800. The van der Waals surface area contributed by atoms with Crippen molar-refractivity contribution in [2.45, 2.75) is 46.3 Å². The molecule has 0 rings (SSSR count). The maximum atomic E-state index is 5.45. The highest BCUT2D eigenvalue weighted by Crippen LogP contribution is 2.01. The Labute approximate surface area is 69.9 Å². The summed E-state index contributed by atoms with van der Waals surface area (Å²) in [6.07, 6.45) is 3.27. The largest absolute Gasteiger partial charge is 0.353 e. The topological polar surface area (TPSA) is 18.5 Å². The summed E-state index contributed by atoms with van der Waals surface area (Å²) in [5.74, 6) is 0. The van der Waals surface area contributed by atoms with Gasteiger partial charge in [-0.25, -0.2) is 0 Å². The predicted molar refractivity (Wildman–Crippen MR) is 46.6 cm³/mol. The van der Waals surface area contributed by atoms with Gasteiger partial charge in [-0.1, -0.05) is 20.3 Å². The minimum atomic E-state index is 0.0200. The van der Waals surface area contributed by atoms with Crippen LogP contribution in [0, 0.1) is 0 Å². The maximum Gasteiger partial charge on any atom is 0.157 e. The maximum absolute atomic E-state index is 5.45. The third-order valence-corrected chi connectivity index (χ3v) is 1.49. The normalized spacial score (nSPS) is 13.4. The van der Waals surface area contributed by atoms with Gasteiger partial charge >= 0.3 is 0 Å². The van der Waals surface area contributed by atoms with E-state index in [1.165, 1.54) is 6.42 Å². The van der Waals surface area contributed by atoms with E-state index < -0.39 is 0 Å². The van der Waals surface area contributed by atoms with E-state index >= 15 is 0 Å². The second-order valence-electron chi connectivity index (χ2n) is 2.52. The zero-order valence-corrected chi connectivity index (χ0v) is 7.93. The van der Waals surface area contributed by atoms with E-state index in [0.717, 1.165) is 26.1 Å². The molecule has 0 aliphatic carbocycles. The van der Waals surface area contributed by atoms with Gasteiger partial charge in [0.1, 0.15) is 0 Å². The first-order valence-electron chi connectivity index (χ1n) is 4.58. The van der Waals surface area contributed by atoms with Crippen LogP contribution in [-0.4, -0.2) is 19.5 Å². The molecule has 0 saturated carbocycles. The van der Waals surface area contributed by atoms with E-state index in [1.807, 2.05) is 6.92 Å². The van der Waals surface area contributed by atoms with Gasteiger partial charge in [0.25, 0.3) is 0 Å². The molecule has 1 unspecified atom stereocenters. The molecule has 0 aliphatic rings. The molecule has 2 heteroatoms. The number of rotatable bonds is 7. The monoisotopic (exact) mass is 160 g/mol. The van der Waals surface area contributed by atoms with Gasteiger partial charge in [-0.05, 0) is 19.8 Å². The lowest BCUT2D eigenvalue weighted by Gasteiger charge is -2.15. The van der Waals surface area contributed by atoms with Crippen LogP contribution in [0.15, 0.2) is 0 Å². The first-order chi connectivity index (χ1) is 5.35. The number of hydrogen-bond donors (Lipinski definition) is 0. The Morgan fingerprint density at radius 2 is 1.82 bits per heavy atom. The molecule has 1 atom stereocenters. The average Bonchev–Trinajstić information content (AvgIpc) is 2.03. The fourth-order valence-corrected chi connectivity index (χ4v) is 0.829. The van der Waals surface area contributed by atoms with Crippen molar-refractivity contribution in [1.82, 2.24) is 0 Å². The summed E-state index contributed by atoms with van der Waals surface area (Å²) >= 11 is 0. The Balaban J connectivity index is 3.20. The summed E-state index contributed by atoms with van der Waals surface area (Å²) in [6.45, 7) is 7.79. The average molecular weight is 160 g/mol. The zero-order valence-electron chi connectivity index (χ0n) is 7.93. The van der Waals surface area contributed by atoms with Gasteiger partial charge in [0, 0.05) is 13.2 Å². The molecule has 0 aromatic heterocycles. The van der Waals surface area contributed by atoms with Crippen LogP contribution in [0.25, 0.3) is 0 Å². The molecule has 0 aromatic rings. The Morgan fingerprint density at radius 3 is 2.27 bits per heavy atom. The van der Waals surface area contributed by atoms with E-state index in [1.54, 1.807) is 0 Å². The summed E-state index contributed by atoms with van der Waals surface area (Å²) in [5.41, 5.74) is 0. The molecule has 0 spiro atoms. The molecule has 0 radical (unpaired) electrons. The van der Waals surface area contributed by atoms with Crippen molar-refractivity contribution in [1.29, 1.82) is 0 Å². The summed E-state index contributed by atoms with van der Waals surface area (Å²) in [7, 11) is 0. The predicted octanol–water partition coefficient (Wildman–Crippen LogP) is 2.58. The Bertz CT molecular complexity index is 74.0. The smallest absolute Gasteiger partial charge is 0.157 e. The van der Waals surface area contributed by atoms with Crippen LogP contribution in [-0.2, 0) is 9.47 Å². The van der Waals surface area contributed by atoms with E-state index in [2.05, 4.69) is 13.8 Å². The van der Waals surface area contributed by atoms with Crippen molar-refractivity contribution in [2.75, 3.05) is 13.2 Å². The quantitative estimate of drug-likeness (QED) is 0.421. The van der Waals surface area contributed by atoms with Crippen LogP contribution in [0.4, 0.5) is 0 Å². The lowest BCUT2D eigenvalue weighted by Crippen LogP contribution is -2.16. The Morgan fingerprint density at radius 1 is 1.09 bits per heavy atom. The van der Waals surface area contributed by atoms with Gasteiger partial charge < -0.3 is 9.47 Å². The van der Waals surface area contributed by atoms with Gasteiger partial charge in [0.15, 0.2) is 6.29 Å². The van der Waals surface area contributed by atoms with Crippen LogP contribution in [0.1, 0.15) is 40.0 Å². The molecule has 2 nitrogen and oxygen atoms in total. The van der Waals surface area contributed by atoms with Crippen LogP contribution in [0.3, 0.4) is 0 Å². The minimum absolute atomic E-state index is 0.0200. The molecular formula is C9H20O2. The van der Waals surface area contributed by atoms with Crippen molar-refractivity contribution in [3.05, 3.63) is 0 Å². The molecule has 0 N–H and O–H groups in total. The minimum Gasteiger partial charge on any atom is -0.353 e. The summed E-state index contributed by atoms with van der Waals surface area (Å²) in [5, 5.41) is 0. The van der Waals surface area contributed by atoms with E-state index in [4.69, 9.17) is 9.47 Å². The third-order valence-electron chi connectivity index (χ3n) is 1.49. The van der Waals surface area contributed by atoms with Gasteiger partial charge in [-0.2, -0.15) is 0 Å². The fourth-order valence-electron chi connectivity index (χ4n) is 0.829. The van der Waals surface area contributed by atoms with Crippen molar-refractivity contribution in [2.24, 2.45) is 0 Å². The van der Waals surface area contributed by atoms with Crippen LogP contribution < -0.4 is 0 Å². The van der Waals surface area contributed by atoms with Gasteiger partial charge in [0.2, 0.25) is 0 Å². The third kappa shape index (κ3) is 6.32. The van der Waals surface area contributed by atoms with E-state index in [0.29, 0.717) is 0 Å². The lowest BCUT2D eigenvalue weighted by molar-refractivity contribution is -0.140. The van der Waals surface area contributed by atoms with Crippen molar-refractivity contribution < 1.29 is 9.47 Å². The molecule has 0 heterocycles. The van der Waals surface area contributed by atoms with Crippen molar-refractivity contribution in [3.8, 4) is 0 Å². The number of unbranched alkanes of at least 4 members (excludes halogenated alkanes) is 1. The summed E-state index contributed by atoms with van der Waals surface area (Å²) in [6, 6.07) is 0. The van der Waals surface area contributed by atoms with Crippen LogP contribution in [0.2, 0.25) is 0 Å². The number of ether oxygens (including phenoxy) is 2. The molecule has 0 amide bonds. The van der Waals surface area contributed by atoms with Gasteiger partial charge in [-0.3, -0.25) is 0 Å². The van der Waals surface area contributed by atoms with E-state index in [9.17, 15) is 0 Å². The highest BCUT2D eigenvalue weighted by Gasteiger charge is 2.03. The SMILES string of the molecule is CCCCOC(CC)OCC. The molecule has 11 heavy (non-hydrogen) atoms. The van der Waals surface area contributed by atoms with Crippen LogP contribution in [0.5, 0.6) is 0 Å². The van der Waals surface area contributed by atoms with Gasteiger partial charge in [-0.15, -0.1) is 0 Å². The molecular weight excluding hydrogens is 140 g/mol. The number of hydrogen-bond acceptors (Lipinski definition) is 2. The molecule has 0 bridgehead atoms. The molecule has 68 valence electrons. The van der Waals surface area contributed by atoms with Crippen molar-refractivity contribution in [3.63, 3.8) is 0 Å². The summed E-state index contributed by atoms with van der Waals surface area (Å²) < 4.78 is 10.8. The zero-order chi connectivity index (χ0) is 8.53. The first kappa shape index (κ1) is 10.9. The molecule has 0 aromatic carbocycles. The van der Waals surface area contributed by atoms with Crippen LogP contribution >= 0.6 is 0 Å². The molecule has 0 aliphatic heterocycles. The Kier molecular flexibility index (Phi) is 7.96. The highest BCUT2D eigenvalue weighted by atomic mass is 16.7. The molecule has 0 fully saturated rings. The fraction of sp³-hybridized carbons (Fsp3) is 1.00. The summed E-state index contributed by atoms with van der Waals surface area (Å²) in [4.78, 5) is 0. The lowest BCUT2D eigenvalue weighted by atomic mass is 10.3. The molecule has 0 saturated heterocycles. The van der Waals surface area contributed by atoms with Gasteiger partial charge in [0.05, 0.1) is 0 Å². The highest BCUT2D eigenvalue weighted by molar-refractivity contribution is 4.39. The first-order valence-corrected chi connectivity index (χ1v) is 4.58. The van der Waals surface area contributed by atoms with Crippen molar-refractivity contribution >= 4 is 0 Å². The second kappa shape index (κ2) is 8.02. The second-order valence-corrected chi connectivity index (χ2v) is 2.52. The standard InChI is InChI=1S/C9H20O2/c1-4-7-8-11-9(5-2)10-6-3/h9H,4-8H2,1-3H3.